The number of nitrogens with zero attached hydrogens (tertiary/aromatic N) is 2. The van der Waals surface area contributed by atoms with Gasteiger partial charge in [0.25, 0.3) is 0 Å². The zero-order chi connectivity index (χ0) is 8.10. The third-order valence-electron chi connectivity index (χ3n) is 1.53. The number of hydrogen-bond donors (Lipinski definition) is 0. The average Bonchev–Trinajstić information content (AvgIpc) is 2.06. The van der Waals surface area contributed by atoms with Crippen molar-refractivity contribution in [2.24, 2.45) is 0 Å². The van der Waals surface area contributed by atoms with Crippen molar-refractivity contribution >= 4 is 0 Å². The van der Waals surface area contributed by atoms with Gasteiger partial charge in [-0.1, -0.05) is 13.0 Å². The Morgan fingerprint density at radius 3 is 2.55 bits per heavy atom. The lowest BCUT2D eigenvalue weighted by atomic mass is 10.2. The highest BCUT2D eigenvalue weighted by Gasteiger charge is 1.98. The molecule has 0 radical (unpaired) electrons. The predicted octanol–water partition coefficient (Wildman–Crippen LogP) is 1.77. The smallest absolute Gasteiger partial charge is 0.0656 e. The van der Waals surface area contributed by atoms with Gasteiger partial charge in [0.15, 0.2) is 0 Å². The molecule has 0 bridgehead atoms. The van der Waals surface area contributed by atoms with Gasteiger partial charge >= 0.3 is 0 Å². The van der Waals surface area contributed by atoms with Crippen molar-refractivity contribution in [3.63, 3.8) is 0 Å². The largest absolute Gasteiger partial charge is 0.258 e. The summed E-state index contributed by atoms with van der Waals surface area (Å²) in [5, 5.41) is 0. The Bertz CT molecular complexity index is 243. The summed E-state index contributed by atoms with van der Waals surface area (Å²) >= 11 is 0. The molecule has 1 heterocycles. The minimum atomic E-state index is 0.816. The number of aryl methyl sites for hydroxylation is 1. The SMILES string of the molecule is C=CCc1nccnc1CC. The highest BCUT2D eigenvalue weighted by atomic mass is 14.8. The molecule has 0 aliphatic heterocycles. The van der Waals surface area contributed by atoms with E-state index < -0.39 is 0 Å². The van der Waals surface area contributed by atoms with Gasteiger partial charge in [-0.05, 0) is 6.42 Å². The van der Waals surface area contributed by atoms with Gasteiger partial charge in [0.2, 0.25) is 0 Å². The molecule has 0 fully saturated rings. The fourth-order valence-corrected chi connectivity index (χ4v) is 0.998. The van der Waals surface area contributed by atoms with Gasteiger partial charge in [-0.3, -0.25) is 9.97 Å². The second kappa shape index (κ2) is 3.86. The quantitative estimate of drug-likeness (QED) is 0.610. The van der Waals surface area contributed by atoms with E-state index in [4.69, 9.17) is 0 Å². The molecule has 1 aromatic rings. The molecule has 58 valence electrons. The van der Waals surface area contributed by atoms with Crippen molar-refractivity contribution in [2.45, 2.75) is 19.8 Å². The van der Waals surface area contributed by atoms with Crippen LogP contribution in [0, 0.1) is 0 Å². The van der Waals surface area contributed by atoms with E-state index in [2.05, 4.69) is 23.5 Å². The molecule has 0 amide bonds. The molecule has 1 aromatic heterocycles. The third-order valence-corrected chi connectivity index (χ3v) is 1.53. The monoisotopic (exact) mass is 148 g/mol. The molecule has 0 atom stereocenters. The summed E-state index contributed by atoms with van der Waals surface area (Å²) in [4.78, 5) is 8.41. The van der Waals surface area contributed by atoms with E-state index in [1.165, 1.54) is 0 Å². The van der Waals surface area contributed by atoms with Crippen LogP contribution >= 0.6 is 0 Å². The summed E-state index contributed by atoms with van der Waals surface area (Å²) in [6.07, 6.45) is 7.06. The summed E-state index contributed by atoms with van der Waals surface area (Å²) in [5.41, 5.74) is 2.12. The summed E-state index contributed by atoms with van der Waals surface area (Å²) in [5.74, 6) is 0. The van der Waals surface area contributed by atoms with Crippen LogP contribution in [0.5, 0.6) is 0 Å². The molecule has 11 heavy (non-hydrogen) atoms. The zero-order valence-corrected chi connectivity index (χ0v) is 6.75. The van der Waals surface area contributed by atoms with Crippen LogP contribution in [0.15, 0.2) is 25.0 Å². The lowest BCUT2D eigenvalue weighted by Crippen LogP contribution is -1.97. The Morgan fingerprint density at radius 2 is 2.00 bits per heavy atom. The zero-order valence-electron chi connectivity index (χ0n) is 6.75. The van der Waals surface area contributed by atoms with E-state index in [0.29, 0.717) is 0 Å². The first-order valence-electron chi connectivity index (χ1n) is 3.78. The van der Waals surface area contributed by atoms with E-state index in [-0.39, 0.29) is 0 Å². The highest BCUT2D eigenvalue weighted by molar-refractivity contribution is 5.12. The maximum absolute atomic E-state index is 4.21. The van der Waals surface area contributed by atoms with Gasteiger partial charge in [0.1, 0.15) is 0 Å². The van der Waals surface area contributed by atoms with Crippen LogP contribution in [0.25, 0.3) is 0 Å². The number of rotatable bonds is 3. The Morgan fingerprint density at radius 1 is 1.36 bits per heavy atom. The summed E-state index contributed by atoms with van der Waals surface area (Å²) in [6.45, 7) is 5.74. The van der Waals surface area contributed by atoms with Crippen LogP contribution in [-0.4, -0.2) is 9.97 Å². The fraction of sp³-hybridized carbons (Fsp3) is 0.333. The Labute approximate surface area is 67.0 Å². The van der Waals surface area contributed by atoms with Crippen LogP contribution < -0.4 is 0 Å². The third kappa shape index (κ3) is 1.87. The molecule has 2 nitrogen and oxygen atoms in total. The van der Waals surface area contributed by atoms with Gasteiger partial charge in [-0.25, -0.2) is 0 Å². The summed E-state index contributed by atoms with van der Waals surface area (Å²) in [7, 11) is 0. The minimum Gasteiger partial charge on any atom is -0.258 e. The van der Waals surface area contributed by atoms with Crippen LogP contribution in [0.2, 0.25) is 0 Å². The number of hydrogen-bond acceptors (Lipinski definition) is 2. The molecule has 0 saturated heterocycles. The molecule has 0 aliphatic carbocycles. The molecule has 0 spiro atoms. The van der Waals surface area contributed by atoms with Crippen molar-refractivity contribution in [1.29, 1.82) is 0 Å². The first-order chi connectivity index (χ1) is 5.38. The second-order valence-electron chi connectivity index (χ2n) is 2.30. The Balaban J connectivity index is 2.92. The van der Waals surface area contributed by atoms with E-state index in [0.717, 1.165) is 24.2 Å². The number of aromatic nitrogens is 2. The van der Waals surface area contributed by atoms with Crippen LogP contribution in [0.1, 0.15) is 18.3 Å². The maximum Gasteiger partial charge on any atom is 0.0656 e. The van der Waals surface area contributed by atoms with E-state index in [1.54, 1.807) is 12.4 Å². The van der Waals surface area contributed by atoms with Gasteiger partial charge in [0.05, 0.1) is 11.4 Å². The lowest BCUT2D eigenvalue weighted by molar-refractivity contribution is 0.930. The first-order valence-corrected chi connectivity index (χ1v) is 3.78. The Kier molecular flexibility index (Phi) is 2.78. The fourth-order valence-electron chi connectivity index (χ4n) is 0.998. The second-order valence-corrected chi connectivity index (χ2v) is 2.30. The standard InChI is InChI=1S/C9H12N2/c1-3-5-9-8(4-2)10-6-7-11-9/h3,6-7H,1,4-5H2,2H3. The molecule has 0 N–H and O–H groups in total. The molecule has 0 aliphatic rings. The Hall–Kier alpha value is -1.18. The highest BCUT2D eigenvalue weighted by Crippen LogP contribution is 2.02. The molecule has 1 rings (SSSR count). The van der Waals surface area contributed by atoms with Gasteiger partial charge in [0, 0.05) is 18.8 Å². The van der Waals surface area contributed by atoms with Crippen molar-refractivity contribution in [3.05, 3.63) is 36.4 Å². The van der Waals surface area contributed by atoms with Crippen LogP contribution in [0.4, 0.5) is 0 Å². The first kappa shape index (κ1) is 7.92. The van der Waals surface area contributed by atoms with Crippen molar-refractivity contribution in [1.82, 2.24) is 9.97 Å². The molecule has 0 saturated carbocycles. The lowest BCUT2D eigenvalue weighted by Gasteiger charge is -2.00. The maximum atomic E-state index is 4.21. The van der Waals surface area contributed by atoms with Crippen molar-refractivity contribution in [2.75, 3.05) is 0 Å². The summed E-state index contributed by atoms with van der Waals surface area (Å²) < 4.78 is 0. The topological polar surface area (TPSA) is 25.8 Å². The minimum absolute atomic E-state index is 0.816. The predicted molar refractivity (Wildman–Crippen MR) is 45.3 cm³/mol. The van der Waals surface area contributed by atoms with Crippen molar-refractivity contribution < 1.29 is 0 Å². The number of allylic oxidation sites excluding steroid dienone is 1. The van der Waals surface area contributed by atoms with E-state index in [1.807, 2.05) is 6.08 Å². The van der Waals surface area contributed by atoms with Crippen LogP contribution in [0.3, 0.4) is 0 Å². The van der Waals surface area contributed by atoms with Crippen molar-refractivity contribution in [3.8, 4) is 0 Å². The van der Waals surface area contributed by atoms with E-state index in [9.17, 15) is 0 Å². The van der Waals surface area contributed by atoms with Gasteiger partial charge in [-0.2, -0.15) is 0 Å². The molecular weight excluding hydrogens is 136 g/mol. The molecule has 0 unspecified atom stereocenters. The van der Waals surface area contributed by atoms with E-state index >= 15 is 0 Å². The average molecular weight is 148 g/mol. The molecular formula is C9H12N2. The van der Waals surface area contributed by atoms with Crippen LogP contribution in [-0.2, 0) is 12.8 Å². The van der Waals surface area contributed by atoms with Gasteiger partial charge in [-0.15, -0.1) is 6.58 Å². The summed E-state index contributed by atoms with van der Waals surface area (Å²) in [6, 6.07) is 0. The normalized spacial score (nSPS) is 9.55. The van der Waals surface area contributed by atoms with Gasteiger partial charge < -0.3 is 0 Å². The molecule has 0 aromatic carbocycles. The molecule has 2 heteroatoms.